The van der Waals surface area contributed by atoms with Gasteiger partial charge in [-0.2, -0.15) is 4.57 Å². The Bertz CT molecular complexity index is 983. The Morgan fingerprint density at radius 2 is 1.00 bits per heavy atom. The van der Waals surface area contributed by atoms with Crippen LogP contribution in [0.5, 0.6) is 0 Å². The summed E-state index contributed by atoms with van der Waals surface area (Å²) in [5.74, 6) is 0. The lowest BCUT2D eigenvalue weighted by molar-refractivity contribution is -2.00. The van der Waals surface area contributed by atoms with E-state index in [0.29, 0.717) is 0 Å². The Hall–Kier alpha value is -2.54. The van der Waals surface area contributed by atoms with Gasteiger partial charge in [-0.1, -0.05) is 54.6 Å². The minimum absolute atomic E-state index is 1.26. The van der Waals surface area contributed by atoms with Crippen LogP contribution >= 0.6 is 0 Å². The van der Waals surface area contributed by atoms with Crippen LogP contribution in [0.2, 0.25) is 0 Å². The highest BCUT2D eigenvalue weighted by atomic mass is 35.7. The van der Waals surface area contributed by atoms with Gasteiger partial charge in [0.25, 0.3) is 0 Å². The molecule has 0 aliphatic carbocycles. The van der Waals surface area contributed by atoms with Gasteiger partial charge >= 0.3 is 0 Å². The number of hydrogen-bond acceptors (Lipinski definition) is 4. The molecule has 4 rings (SSSR count). The second-order valence-electron chi connectivity index (χ2n) is 5.71. The van der Waals surface area contributed by atoms with Crippen molar-refractivity contribution in [1.29, 1.82) is 0 Å². The predicted octanol–water partition coefficient (Wildman–Crippen LogP) is -0.272. The molecule has 0 saturated carbocycles. The summed E-state index contributed by atoms with van der Waals surface area (Å²) in [6.07, 6.45) is 0. The molecule has 0 spiro atoms. The summed E-state index contributed by atoms with van der Waals surface area (Å²) in [4.78, 5) is 0. The minimum Gasteiger partial charge on any atom is -0.222 e. The number of fused-ring (bicyclic) bond motifs is 2. The fraction of sp³-hybridized carbons (Fsp3) is 0.0500. The van der Waals surface area contributed by atoms with Crippen molar-refractivity contribution in [2.75, 3.05) is 0 Å². The Morgan fingerprint density at radius 3 is 1.46 bits per heavy atom. The third-order valence-corrected chi connectivity index (χ3v) is 4.13. The number of nitrogens with zero attached hydrogens (tertiary/aromatic N) is 1. The fourth-order valence-electron chi connectivity index (χ4n) is 3.15. The van der Waals surface area contributed by atoms with Gasteiger partial charge in [-0.25, -0.2) is 18.6 Å². The topological polar surface area (TPSA) is 96.1 Å². The zero-order valence-electron chi connectivity index (χ0n) is 14.0. The van der Waals surface area contributed by atoms with Crippen LogP contribution in [0, 0.1) is 10.2 Å². The third-order valence-electron chi connectivity index (χ3n) is 4.13. The average molecular weight is 370 g/mol. The van der Waals surface area contributed by atoms with Gasteiger partial charge in [0.1, 0.15) is 7.05 Å². The van der Waals surface area contributed by atoms with Crippen LogP contribution in [0.15, 0.2) is 78.9 Å². The number of rotatable bonds is 1. The lowest BCUT2D eigenvalue weighted by atomic mass is 9.96. The molecule has 4 aromatic rings. The number of hydrogen-bond donors (Lipinski definition) is 0. The lowest BCUT2D eigenvalue weighted by Gasteiger charge is -2.17. The zero-order valence-corrected chi connectivity index (χ0v) is 14.7. The van der Waals surface area contributed by atoms with Crippen LogP contribution < -0.4 is 23.2 Å². The molecule has 0 aliphatic rings. The molecular formula is C20H16ClNO4. The summed E-state index contributed by atoms with van der Waals surface area (Å²) in [6, 6.07) is 27.9. The van der Waals surface area contributed by atoms with Crippen LogP contribution in [-0.4, -0.2) is 0 Å². The molecular weight excluding hydrogens is 354 g/mol. The summed E-state index contributed by atoms with van der Waals surface area (Å²) >= 11 is 0. The summed E-state index contributed by atoms with van der Waals surface area (Å²) in [7, 11) is -2.81. The summed E-state index contributed by atoms with van der Waals surface area (Å²) < 4.78 is 36.2. The number of benzene rings is 3. The van der Waals surface area contributed by atoms with Gasteiger partial charge in [-0.3, -0.25) is 0 Å². The van der Waals surface area contributed by atoms with Crippen molar-refractivity contribution in [2.24, 2.45) is 7.05 Å². The maximum atomic E-state index is 8.49. The quantitative estimate of drug-likeness (QED) is 0.341. The van der Waals surface area contributed by atoms with Crippen molar-refractivity contribution >= 4 is 21.8 Å². The molecule has 0 amide bonds. The van der Waals surface area contributed by atoms with Crippen molar-refractivity contribution in [3.8, 4) is 11.1 Å². The van der Waals surface area contributed by atoms with E-state index in [1.165, 1.54) is 32.9 Å². The third kappa shape index (κ3) is 3.99. The summed E-state index contributed by atoms with van der Waals surface area (Å²) in [5, 5.41) is 2.59. The minimum atomic E-state index is -4.94. The van der Waals surface area contributed by atoms with Gasteiger partial charge in [0.2, 0.25) is 11.0 Å². The summed E-state index contributed by atoms with van der Waals surface area (Å²) in [5.41, 5.74) is 5.11. The van der Waals surface area contributed by atoms with Crippen molar-refractivity contribution in [3.63, 3.8) is 0 Å². The van der Waals surface area contributed by atoms with Gasteiger partial charge < -0.3 is 0 Å². The molecule has 132 valence electrons. The normalized spacial score (nSPS) is 11.3. The van der Waals surface area contributed by atoms with Gasteiger partial charge in [-0.05, 0) is 17.7 Å². The van der Waals surface area contributed by atoms with Gasteiger partial charge in [0.15, 0.2) is 0 Å². The first-order valence-electron chi connectivity index (χ1n) is 7.83. The molecule has 0 aliphatic heterocycles. The molecule has 6 heteroatoms. The number of para-hydroxylation sites is 2. The monoisotopic (exact) mass is 369 g/mol. The zero-order chi connectivity index (χ0) is 18.7. The van der Waals surface area contributed by atoms with Gasteiger partial charge in [-0.15, -0.1) is 10.2 Å². The van der Waals surface area contributed by atoms with E-state index in [1.807, 2.05) is 0 Å². The van der Waals surface area contributed by atoms with Crippen LogP contribution in [0.25, 0.3) is 32.9 Å². The van der Waals surface area contributed by atoms with Crippen LogP contribution in [-0.2, 0) is 7.05 Å². The molecule has 0 unspecified atom stereocenters. The maximum Gasteiger partial charge on any atom is 0.213 e. The second-order valence-corrected chi connectivity index (χ2v) is 6.47. The molecule has 1 heterocycles. The molecule has 0 fully saturated rings. The first-order chi connectivity index (χ1) is 12.4. The van der Waals surface area contributed by atoms with Gasteiger partial charge in [0, 0.05) is 17.7 Å². The molecule has 0 radical (unpaired) electrons. The first kappa shape index (κ1) is 18.3. The molecule has 26 heavy (non-hydrogen) atoms. The first-order valence-corrected chi connectivity index (χ1v) is 9.06. The van der Waals surface area contributed by atoms with E-state index in [0.717, 1.165) is 0 Å². The summed E-state index contributed by atoms with van der Waals surface area (Å²) in [6.45, 7) is 0. The SMILES string of the molecule is C[n+]1c2ccccc2c(-c2ccccc2)c2ccccc21.[O-][Cl+3]([O-])([O-])[O-]. The highest BCUT2D eigenvalue weighted by molar-refractivity contribution is 6.07. The number of aromatic nitrogens is 1. The highest BCUT2D eigenvalue weighted by Gasteiger charge is 2.17. The molecule has 0 saturated heterocycles. The molecule has 5 nitrogen and oxygen atoms in total. The van der Waals surface area contributed by atoms with E-state index in [2.05, 4.69) is 90.5 Å². The molecule has 0 atom stereocenters. The van der Waals surface area contributed by atoms with Crippen molar-refractivity contribution in [1.82, 2.24) is 0 Å². The smallest absolute Gasteiger partial charge is 0.213 e. The van der Waals surface area contributed by atoms with Gasteiger partial charge in [0.05, 0.1) is 10.8 Å². The number of aryl methyl sites for hydroxylation is 1. The largest absolute Gasteiger partial charge is 0.222 e. The predicted molar refractivity (Wildman–Crippen MR) is 88.1 cm³/mol. The van der Waals surface area contributed by atoms with Crippen LogP contribution in [0.3, 0.4) is 0 Å². The molecule has 1 aromatic heterocycles. The van der Waals surface area contributed by atoms with E-state index in [-0.39, 0.29) is 0 Å². The Kier molecular flexibility index (Phi) is 5.18. The van der Waals surface area contributed by atoms with Crippen molar-refractivity contribution in [3.05, 3.63) is 78.9 Å². The Morgan fingerprint density at radius 1 is 0.615 bits per heavy atom. The number of pyridine rings is 1. The van der Waals surface area contributed by atoms with E-state index in [9.17, 15) is 0 Å². The lowest BCUT2D eigenvalue weighted by Crippen LogP contribution is -2.68. The average Bonchev–Trinajstić information content (AvgIpc) is 2.62. The Balaban J connectivity index is 0.000000349. The molecule has 0 N–H and O–H groups in total. The molecule has 0 bridgehead atoms. The van der Waals surface area contributed by atoms with Crippen molar-refractivity contribution < 1.29 is 33.4 Å². The van der Waals surface area contributed by atoms with Crippen LogP contribution in [0.4, 0.5) is 0 Å². The highest BCUT2D eigenvalue weighted by Crippen LogP contribution is 2.33. The van der Waals surface area contributed by atoms with E-state index >= 15 is 0 Å². The Labute approximate surface area is 152 Å². The second kappa shape index (κ2) is 7.37. The number of halogens is 1. The van der Waals surface area contributed by atoms with Crippen molar-refractivity contribution in [2.45, 2.75) is 0 Å². The van der Waals surface area contributed by atoms with E-state index < -0.39 is 10.2 Å². The van der Waals surface area contributed by atoms with Crippen LogP contribution in [0.1, 0.15) is 0 Å². The maximum absolute atomic E-state index is 8.49. The van der Waals surface area contributed by atoms with E-state index in [4.69, 9.17) is 18.6 Å². The standard InChI is InChI=1S/C20H16N.ClHO4/c1-21-18-13-7-5-11-16(18)20(15-9-3-2-4-10-15)17-12-6-8-14-19(17)21;2-1(3,4)5/h2-14H,1H3;(H,2,3,4,5)/q+1;/p-1. The van der Waals surface area contributed by atoms with E-state index in [1.54, 1.807) is 0 Å². The fourth-order valence-corrected chi connectivity index (χ4v) is 3.15. The molecule has 3 aromatic carbocycles.